The first-order valence-electron chi connectivity index (χ1n) is 8.04. The maximum Gasteiger partial charge on any atom is 0.329 e. The molecule has 1 unspecified atom stereocenters. The number of nitrogens with one attached hydrogen (secondary N) is 2. The summed E-state index contributed by atoms with van der Waals surface area (Å²) in [5.74, 6) is 1.25. The molecule has 1 aromatic heterocycles. The van der Waals surface area contributed by atoms with Crippen LogP contribution in [0.3, 0.4) is 0 Å². The van der Waals surface area contributed by atoms with Gasteiger partial charge in [0.25, 0.3) is 0 Å². The summed E-state index contributed by atoms with van der Waals surface area (Å²) in [4.78, 5) is 29.4. The molecule has 1 aromatic carbocycles. The number of rotatable bonds is 2. The second-order valence-corrected chi connectivity index (χ2v) is 6.27. The Morgan fingerprint density at radius 3 is 2.92 bits per heavy atom. The van der Waals surface area contributed by atoms with E-state index in [1.165, 1.54) is 11.1 Å². The van der Waals surface area contributed by atoms with Crippen LogP contribution in [0.25, 0.3) is 11.4 Å². The number of hydrogen-bond acceptors (Lipinski definition) is 4. The molecular formula is C17H19N5O2. The third-order valence-corrected chi connectivity index (χ3v) is 4.76. The van der Waals surface area contributed by atoms with Crippen molar-refractivity contribution in [1.82, 2.24) is 20.2 Å². The number of fused-ring (bicyclic) bond motifs is 1. The molecule has 0 aliphatic carbocycles. The molecule has 0 bridgehead atoms. The third-order valence-electron chi connectivity index (χ3n) is 4.76. The zero-order chi connectivity index (χ0) is 16.8. The van der Waals surface area contributed by atoms with Gasteiger partial charge in [0.05, 0.1) is 6.20 Å². The number of benzene rings is 1. The Hall–Kier alpha value is -2.67. The third kappa shape index (κ3) is 2.28. The number of aromatic nitrogens is 2. The maximum atomic E-state index is 12.0. The highest BCUT2D eigenvalue weighted by atomic mass is 16.2. The molecule has 2 aliphatic heterocycles. The second kappa shape index (κ2) is 5.45. The van der Waals surface area contributed by atoms with Crippen molar-refractivity contribution in [2.45, 2.75) is 25.9 Å². The van der Waals surface area contributed by atoms with Gasteiger partial charge in [-0.15, -0.1) is 0 Å². The molecule has 7 nitrogen and oxygen atoms in total. The molecule has 1 saturated heterocycles. The highest BCUT2D eigenvalue weighted by molar-refractivity contribution is 6.05. The van der Waals surface area contributed by atoms with Crippen molar-refractivity contribution in [3.63, 3.8) is 0 Å². The van der Waals surface area contributed by atoms with Gasteiger partial charge in [-0.1, -0.05) is 12.1 Å². The Balaban J connectivity index is 1.69. The van der Waals surface area contributed by atoms with Crippen LogP contribution in [0.2, 0.25) is 0 Å². The van der Waals surface area contributed by atoms with Gasteiger partial charge in [0.15, 0.2) is 0 Å². The van der Waals surface area contributed by atoms with Gasteiger partial charge in [-0.25, -0.2) is 9.78 Å². The zero-order valence-electron chi connectivity index (χ0n) is 13.7. The molecular weight excluding hydrogens is 306 g/mol. The fraction of sp³-hybridized carbons (Fsp3) is 0.353. The second-order valence-electron chi connectivity index (χ2n) is 6.27. The number of imidazole rings is 1. The minimum absolute atomic E-state index is 0.237. The van der Waals surface area contributed by atoms with Crippen LogP contribution in [-0.4, -0.2) is 28.0 Å². The zero-order valence-corrected chi connectivity index (χ0v) is 13.7. The van der Waals surface area contributed by atoms with Gasteiger partial charge < -0.3 is 9.88 Å². The van der Waals surface area contributed by atoms with Crippen molar-refractivity contribution in [1.29, 1.82) is 0 Å². The Morgan fingerprint density at radius 2 is 2.12 bits per heavy atom. The highest BCUT2D eigenvalue weighted by Gasteiger charge is 2.27. The average Bonchev–Trinajstić information content (AvgIpc) is 3.11. The van der Waals surface area contributed by atoms with E-state index in [2.05, 4.69) is 40.7 Å². The first-order chi connectivity index (χ1) is 11.5. The van der Waals surface area contributed by atoms with E-state index in [9.17, 15) is 9.59 Å². The van der Waals surface area contributed by atoms with Crippen LogP contribution in [0.5, 0.6) is 0 Å². The number of carbonyl (C=O) groups excluding carboxylic acids is 2. The van der Waals surface area contributed by atoms with E-state index in [-0.39, 0.29) is 5.91 Å². The number of urea groups is 1. The predicted octanol–water partition coefficient (Wildman–Crippen LogP) is 1.70. The Labute approximate surface area is 139 Å². The standard InChI is InChI=1S/C17H19N5O2/c1-10-13-7-11(3-4-12(13)8-18-10)16-19-9-15(21(16)2)22-6-5-14(23)20-17(22)24/h3-4,7,9-10,18H,5-6,8H2,1-2H3,(H,20,23,24). The molecule has 7 heteroatoms. The molecule has 0 saturated carbocycles. The summed E-state index contributed by atoms with van der Waals surface area (Å²) < 4.78 is 1.89. The first kappa shape index (κ1) is 14.9. The Kier molecular flexibility index (Phi) is 3.38. The molecule has 2 N–H and O–H groups in total. The van der Waals surface area contributed by atoms with Crippen molar-refractivity contribution in [2.24, 2.45) is 7.05 Å². The minimum atomic E-state index is -0.396. The Morgan fingerprint density at radius 1 is 1.29 bits per heavy atom. The van der Waals surface area contributed by atoms with Crippen molar-refractivity contribution >= 4 is 17.8 Å². The monoisotopic (exact) mass is 325 g/mol. The molecule has 4 rings (SSSR count). The average molecular weight is 325 g/mol. The van der Waals surface area contributed by atoms with E-state index >= 15 is 0 Å². The van der Waals surface area contributed by atoms with Crippen LogP contribution in [0.1, 0.15) is 30.5 Å². The van der Waals surface area contributed by atoms with Gasteiger partial charge in [-0.05, 0) is 24.1 Å². The van der Waals surface area contributed by atoms with E-state index in [0.29, 0.717) is 24.8 Å². The summed E-state index contributed by atoms with van der Waals surface area (Å²) in [5.41, 5.74) is 3.62. The smallest absolute Gasteiger partial charge is 0.314 e. The lowest BCUT2D eigenvalue weighted by molar-refractivity contribution is -0.120. The van der Waals surface area contributed by atoms with Crippen molar-refractivity contribution in [3.05, 3.63) is 35.5 Å². The molecule has 24 heavy (non-hydrogen) atoms. The lowest BCUT2D eigenvalue weighted by Gasteiger charge is -2.26. The SMILES string of the molecule is CC1NCc2ccc(-c3ncc(N4CCC(=O)NC4=O)n3C)cc21. The van der Waals surface area contributed by atoms with Gasteiger partial charge >= 0.3 is 6.03 Å². The predicted molar refractivity (Wildman–Crippen MR) is 89.4 cm³/mol. The topological polar surface area (TPSA) is 79.3 Å². The normalized spacial score (nSPS) is 20.2. The van der Waals surface area contributed by atoms with E-state index in [0.717, 1.165) is 17.9 Å². The molecule has 0 spiro atoms. The van der Waals surface area contributed by atoms with Gasteiger partial charge in [0.2, 0.25) is 5.91 Å². The molecule has 1 fully saturated rings. The van der Waals surface area contributed by atoms with Crippen molar-refractivity contribution in [3.8, 4) is 11.4 Å². The summed E-state index contributed by atoms with van der Waals surface area (Å²) >= 11 is 0. The van der Waals surface area contributed by atoms with E-state index in [1.54, 1.807) is 11.1 Å². The number of carbonyl (C=O) groups is 2. The summed E-state index contributed by atoms with van der Waals surface area (Å²) in [6.45, 7) is 3.41. The fourth-order valence-corrected chi connectivity index (χ4v) is 3.37. The lowest BCUT2D eigenvalue weighted by atomic mass is 10.0. The quantitative estimate of drug-likeness (QED) is 0.881. The Bertz CT molecular complexity index is 842. The van der Waals surface area contributed by atoms with Crippen LogP contribution in [0, 0.1) is 0 Å². The fourth-order valence-electron chi connectivity index (χ4n) is 3.37. The molecule has 2 aromatic rings. The van der Waals surface area contributed by atoms with Crippen LogP contribution < -0.4 is 15.5 Å². The number of nitrogens with zero attached hydrogens (tertiary/aromatic N) is 3. The van der Waals surface area contributed by atoms with Gasteiger partial charge in [-0.2, -0.15) is 0 Å². The van der Waals surface area contributed by atoms with E-state index in [1.807, 2.05) is 11.6 Å². The van der Waals surface area contributed by atoms with Crippen molar-refractivity contribution in [2.75, 3.05) is 11.4 Å². The summed E-state index contributed by atoms with van der Waals surface area (Å²) in [5, 5.41) is 5.77. The lowest BCUT2D eigenvalue weighted by Crippen LogP contribution is -2.50. The van der Waals surface area contributed by atoms with Crippen molar-refractivity contribution < 1.29 is 9.59 Å². The molecule has 2 aliphatic rings. The summed E-state index contributed by atoms with van der Waals surface area (Å²) in [6.07, 6.45) is 1.98. The first-order valence-corrected chi connectivity index (χ1v) is 8.04. The van der Waals surface area contributed by atoms with Gasteiger partial charge in [0, 0.05) is 38.2 Å². The van der Waals surface area contributed by atoms with Crippen LogP contribution in [-0.2, 0) is 18.4 Å². The maximum absolute atomic E-state index is 12.0. The van der Waals surface area contributed by atoms with Crippen LogP contribution in [0.4, 0.5) is 10.6 Å². The summed E-state index contributed by atoms with van der Waals surface area (Å²) in [6, 6.07) is 6.28. The molecule has 1 atom stereocenters. The highest BCUT2D eigenvalue weighted by Crippen LogP contribution is 2.31. The largest absolute Gasteiger partial charge is 0.329 e. The molecule has 0 radical (unpaired) electrons. The number of amides is 3. The van der Waals surface area contributed by atoms with E-state index in [4.69, 9.17) is 0 Å². The molecule has 3 heterocycles. The van der Waals surface area contributed by atoms with E-state index < -0.39 is 6.03 Å². The minimum Gasteiger partial charge on any atom is -0.314 e. The molecule has 3 amide bonds. The van der Waals surface area contributed by atoms with Crippen LogP contribution >= 0.6 is 0 Å². The van der Waals surface area contributed by atoms with Gasteiger partial charge in [0.1, 0.15) is 11.6 Å². The van der Waals surface area contributed by atoms with Crippen LogP contribution in [0.15, 0.2) is 24.4 Å². The number of anilines is 1. The number of imide groups is 1. The molecule has 124 valence electrons. The van der Waals surface area contributed by atoms with Gasteiger partial charge in [-0.3, -0.25) is 15.0 Å². The summed E-state index contributed by atoms with van der Waals surface area (Å²) in [7, 11) is 1.89. The number of hydrogen-bond donors (Lipinski definition) is 2.